The first-order valence-electron chi connectivity index (χ1n) is 12.0. The van der Waals surface area contributed by atoms with E-state index in [1.807, 2.05) is 6.92 Å². The van der Waals surface area contributed by atoms with Gasteiger partial charge in [0.15, 0.2) is 34.8 Å². The Kier molecular flexibility index (Phi) is 7.76. The lowest BCUT2D eigenvalue weighted by molar-refractivity contribution is 0.314. The topological polar surface area (TPSA) is 9.23 Å². The van der Waals surface area contributed by atoms with Crippen LogP contribution in [-0.4, -0.2) is 6.61 Å². The quantitative estimate of drug-likeness (QED) is 0.292. The van der Waals surface area contributed by atoms with Gasteiger partial charge in [-0.25, -0.2) is 22.0 Å². The molecule has 1 nitrogen and oxygen atoms in total. The predicted octanol–water partition coefficient (Wildman–Crippen LogP) is 8.89. The number of halogens is 6. The van der Waals surface area contributed by atoms with Crippen LogP contribution in [0.3, 0.4) is 0 Å². The molecule has 1 atom stereocenters. The fourth-order valence-corrected chi connectivity index (χ4v) is 4.76. The highest BCUT2D eigenvalue weighted by Crippen LogP contribution is 2.40. The second-order valence-electron chi connectivity index (χ2n) is 8.85. The zero-order chi connectivity index (χ0) is 26.0. The molecule has 1 unspecified atom stereocenters. The number of benzene rings is 3. The molecule has 0 aromatic heterocycles. The first kappa shape index (κ1) is 25.9. The van der Waals surface area contributed by atoms with Crippen LogP contribution >= 0.6 is 0 Å². The molecular weight excluding hydrogens is 478 g/mol. The van der Waals surface area contributed by atoms with E-state index < -0.39 is 51.9 Å². The van der Waals surface area contributed by atoms with Gasteiger partial charge in [-0.1, -0.05) is 43.7 Å². The molecule has 36 heavy (non-hydrogen) atoms. The molecule has 1 aliphatic carbocycles. The summed E-state index contributed by atoms with van der Waals surface area (Å²) in [6, 6.07) is 8.07. The minimum absolute atomic E-state index is 0.100. The van der Waals surface area contributed by atoms with Gasteiger partial charge in [0.05, 0.1) is 6.61 Å². The molecule has 0 spiro atoms. The molecule has 4 rings (SSSR count). The molecule has 0 N–H and O–H groups in total. The van der Waals surface area contributed by atoms with Crippen molar-refractivity contribution in [1.29, 1.82) is 0 Å². The van der Waals surface area contributed by atoms with Crippen molar-refractivity contribution in [2.75, 3.05) is 6.61 Å². The molecule has 0 heterocycles. The van der Waals surface area contributed by atoms with Gasteiger partial charge in [-0.2, -0.15) is 4.39 Å². The molecule has 0 amide bonds. The Labute approximate surface area is 206 Å². The summed E-state index contributed by atoms with van der Waals surface area (Å²) >= 11 is 0. The summed E-state index contributed by atoms with van der Waals surface area (Å²) in [5.74, 6) is -7.45. The molecule has 190 valence electrons. The Hall–Kier alpha value is -3.22. The molecule has 0 saturated heterocycles. The zero-order valence-electron chi connectivity index (χ0n) is 20.0. The standard InChI is InChI=1S/C29H26F6O/c1-3-5-18-10-11-19(25(31)24(18)30)16-6-8-17(9-7-16)20-12-13-21(27(33)26(20)32)22-14-15-23(36-4-2)29(35)28(22)34/h6,10-15,17H,3-5,7-9H2,1-2H3. The van der Waals surface area contributed by atoms with Gasteiger partial charge >= 0.3 is 0 Å². The third-order valence-electron chi connectivity index (χ3n) is 6.63. The van der Waals surface area contributed by atoms with Crippen LogP contribution in [0.5, 0.6) is 5.75 Å². The van der Waals surface area contributed by atoms with Crippen molar-refractivity contribution in [2.24, 2.45) is 0 Å². The molecule has 7 heteroatoms. The van der Waals surface area contributed by atoms with Crippen LogP contribution in [0.15, 0.2) is 42.5 Å². The average Bonchev–Trinajstić information content (AvgIpc) is 2.88. The number of aryl methyl sites for hydroxylation is 1. The zero-order valence-corrected chi connectivity index (χ0v) is 20.0. The number of rotatable bonds is 7. The molecule has 3 aromatic carbocycles. The van der Waals surface area contributed by atoms with Crippen LogP contribution in [0.1, 0.15) is 62.1 Å². The SMILES string of the molecule is CCCc1ccc(C2=CCC(c3ccc(-c4ccc(OCC)c(F)c4F)c(F)c3F)CC2)c(F)c1F. The van der Waals surface area contributed by atoms with Gasteiger partial charge in [-0.05, 0) is 67.4 Å². The van der Waals surface area contributed by atoms with Gasteiger partial charge in [0.1, 0.15) is 0 Å². The van der Waals surface area contributed by atoms with Gasteiger partial charge in [-0.3, -0.25) is 0 Å². The Bertz CT molecular complexity index is 1310. The summed E-state index contributed by atoms with van der Waals surface area (Å²) in [5.41, 5.74) is 0.426. The third-order valence-corrected chi connectivity index (χ3v) is 6.63. The van der Waals surface area contributed by atoms with E-state index in [4.69, 9.17) is 4.74 Å². The minimum Gasteiger partial charge on any atom is -0.491 e. The Morgan fingerprint density at radius 2 is 1.36 bits per heavy atom. The maximum absolute atomic E-state index is 15.1. The van der Waals surface area contributed by atoms with Crippen molar-refractivity contribution in [3.05, 3.63) is 94.1 Å². The van der Waals surface area contributed by atoms with Crippen LogP contribution in [-0.2, 0) is 6.42 Å². The highest BCUT2D eigenvalue weighted by Gasteiger charge is 2.26. The number of allylic oxidation sites excluding steroid dienone is 2. The molecule has 1 aliphatic rings. The van der Waals surface area contributed by atoms with Gasteiger partial charge < -0.3 is 4.74 Å². The molecule has 0 bridgehead atoms. The lowest BCUT2D eigenvalue weighted by Crippen LogP contribution is -2.09. The summed E-state index contributed by atoms with van der Waals surface area (Å²) < 4.78 is 92.9. The summed E-state index contributed by atoms with van der Waals surface area (Å²) in [6.07, 6.45) is 3.91. The minimum atomic E-state index is -1.32. The number of ether oxygens (including phenoxy) is 1. The largest absolute Gasteiger partial charge is 0.491 e. The van der Waals surface area contributed by atoms with Gasteiger partial charge in [-0.15, -0.1) is 0 Å². The summed E-state index contributed by atoms with van der Waals surface area (Å²) in [7, 11) is 0. The van der Waals surface area contributed by atoms with E-state index in [-0.39, 0.29) is 23.5 Å². The molecule has 0 fully saturated rings. The van der Waals surface area contributed by atoms with Crippen molar-refractivity contribution < 1.29 is 31.1 Å². The van der Waals surface area contributed by atoms with Crippen LogP contribution in [0.2, 0.25) is 0 Å². The van der Waals surface area contributed by atoms with Gasteiger partial charge in [0.25, 0.3) is 0 Å². The van der Waals surface area contributed by atoms with E-state index >= 15 is 8.78 Å². The summed E-state index contributed by atoms with van der Waals surface area (Å²) in [5, 5.41) is 0. The second kappa shape index (κ2) is 10.8. The second-order valence-corrected chi connectivity index (χ2v) is 8.85. The van der Waals surface area contributed by atoms with Crippen molar-refractivity contribution in [1.82, 2.24) is 0 Å². The van der Waals surface area contributed by atoms with Gasteiger partial charge in [0.2, 0.25) is 5.82 Å². The summed E-state index contributed by atoms with van der Waals surface area (Å²) in [6.45, 7) is 3.62. The van der Waals surface area contributed by atoms with E-state index in [9.17, 15) is 17.6 Å². The fraction of sp³-hybridized carbons (Fsp3) is 0.310. The first-order valence-corrected chi connectivity index (χ1v) is 12.0. The third kappa shape index (κ3) is 4.75. The van der Waals surface area contributed by atoms with Gasteiger partial charge in [0, 0.05) is 16.7 Å². The fourth-order valence-electron chi connectivity index (χ4n) is 4.76. The Balaban J connectivity index is 1.59. The van der Waals surface area contributed by atoms with Crippen molar-refractivity contribution in [3.8, 4) is 16.9 Å². The highest BCUT2D eigenvalue weighted by atomic mass is 19.2. The highest BCUT2D eigenvalue weighted by molar-refractivity contribution is 5.69. The molecule has 0 saturated carbocycles. The van der Waals surface area contributed by atoms with E-state index in [1.54, 1.807) is 25.1 Å². The summed E-state index contributed by atoms with van der Waals surface area (Å²) in [4.78, 5) is 0. The Morgan fingerprint density at radius 1 is 0.722 bits per heavy atom. The van der Waals surface area contributed by atoms with E-state index in [2.05, 4.69) is 0 Å². The number of hydrogen-bond donors (Lipinski definition) is 0. The van der Waals surface area contributed by atoms with Crippen molar-refractivity contribution in [2.45, 2.75) is 51.9 Å². The van der Waals surface area contributed by atoms with Crippen LogP contribution in [0.25, 0.3) is 16.7 Å². The Morgan fingerprint density at radius 3 is 2.00 bits per heavy atom. The maximum Gasteiger partial charge on any atom is 0.201 e. The van der Waals surface area contributed by atoms with Crippen molar-refractivity contribution in [3.63, 3.8) is 0 Å². The smallest absolute Gasteiger partial charge is 0.201 e. The lowest BCUT2D eigenvalue weighted by Gasteiger charge is -2.24. The monoisotopic (exact) mass is 504 g/mol. The van der Waals surface area contributed by atoms with Crippen LogP contribution < -0.4 is 4.74 Å². The molecule has 3 aromatic rings. The average molecular weight is 505 g/mol. The van der Waals surface area contributed by atoms with Crippen LogP contribution in [0.4, 0.5) is 26.3 Å². The predicted molar refractivity (Wildman–Crippen MR) is 128 cm³/mol. The lowest BCUT2D eigenvalue weighted by atomic mass is 9.81. The molecule has 0 aliphatic heterocycles. The van der Waals surface area contributed by atoms with Crippen molar-refractivity contribution >= 4 is 5.57 Å². The van der Waals surface area contributed by atoms with E-state index in [0.717, 1.165) is 6.07 Å². The van der Waals surface area contributed by atoms with E-state index in [0.29, 0.717) is 43.2 Å². The van der Waals surface area contributed by atoms with E-state index in [1.165, 1.54) is 18.2 Å². The molecule has 0 radical (unpaired) electrons. The number of hydrogen-bond acceptors (Lipinski definition) is 1. The maximum atomic E-state index is 15.1. The molecular formula is C29H26F6O. The van der Waals surface area contributed by atoms with Crippen LogP contribution in [0, 0.1) is 34.9 Å². The first-order chi connectivity index (χ1) is 17.3. The normalized spacial score (nSPS) is 15.7.